The molecule has 1 aromatic carbocycles. The van der Waals surface area contributed by atoms with Gasteiger partial charge in [-0.2, -0.15) is 0 Å². The first-order chi connectivity index (χ1) is 11.6. The maximum Gasteiger partial charge on any atom is 0.220 e. The van der Waals surface area contributed by atoms with Crippen LogP contribution in [0.4, 0.5) is 5.82 Å². The fourth-order valence-electron chi connectivity index (χ4n) is 2.59. The lowest BCUT2D eigenvalue weighted by molar-refractivity contribution is -0.121. The van der Waals surface area contributed by atoms with Crippen LogP contribution in [-0.4, -0.2) is 24.0 Å². The third-order valence-corrected chi connectivity index (χ3v) is 4.15. The molecule has 0 spiro atoms. The number of rotatable bonds is 8. The average molecular weight is 325 g/mol. The number of nitrogens with one attached hydrogen (secondary N) is 1. The van der Waals surface area contributed by atoms with Crippen molar-refractivity contribution < 1.29 is 4.79 Å². The summed E-state index contributed by atoms with van der Waals surface area (Å²) >= 11 is 0. The SMILES string of the molecule is CCN(CC)c1cc(CCC(=O)NCc2ccc(C)cc2)ccn1. The molecule has 1 N–H and O–H groups in total. The van der Waals surface area contributed by atoms with Crippen molar-refractivity contribution in [3.05, 3.63) is 59.3 Å². The Kier molecular flexibility index (Phi) is 6.79. The van der Waals surface area contributed by atoms with Crippen LogP contribution in [-0.2, 0) is 17.8 Å². The van der Waals surface area contributed by atoms with Crippen LogP contribution in [0.1, 0.15) is 37.0 Å². The molecule has 0 aliphatic heterocycles. The average Bonchev–Trinajstić information content (AvgIpc) is 2.61. The van der Waals surface area contributed by atoms with E-state index >= 15 is 0 Å². The number of aryl methyl sites for hydroxylation is 2. The quantitative estimate of drug-likeness (QED) is 0.808. The lowest BCUT2D eigenvalue weighted by Gasteiger charge is -2.20. The van der Waals surface area contributed by atoms with E-state index in [-0.39, 0.29) is 5.91 Å². The molecule has 0 aliphatic rings. The second kappa shape index (κ2) is 9.06. The molecule has 0 bridgehead atoms. The molecule has 2 aromatic rings. The zero-order valence-electron chi connectivity index (χ0n) is 14.9. The number of carbonyl (C=O) groups is 1. The van der Waals surface area contributed by atoms with E-state index in [9.17, 15) is 4.79 Å². The Hall–Kier alpha value is -2.36. The van der Waals surface area contributed by atoms with Crippen molar-refractivity contribution in [1.82, 2.24) is 10.3 Å². The van der Waals surface area contributed by atoms with Gasteiger partial charge in [-0.25, -0.2) is 4.98 Å². The Labute approximate surface area is 144 Å². The van der Waals surface area contributed by atoms with Crippen molar-refractivity contribution in [1.29, 1.82) is 0 Å². The third-order valence-electron chi connectivity index (χ3n) is 4.15. The van der Waals surface area contributed by atoms with Gasteiger partial charge in [0.1, 0.15) is 5.82 Å². The van der Waals surface area contributed by atoms with Crippen LogP contribution in [0.3, 0.4) is 0 Å². The van der Waals surface area contributed by atoms with Crippen LogP contribution in [0.15, 0.2) is 42.6 Å². The van der Waals surface area contributed by atoms with E-state index < -0.39 is 0 Å². The number of hydrogen-bond acceptors (Lipinski definition) is 3. The molecule has 1 amide bonds. The van der Waals surface area contributed by atoms with Crippen molar-refractivity contribution in [2.75, 3.05) is 18.0 Å². The summed E-state index contributed by atoms with van der Waals surface area (Å²) in [5.74, 6) is 1.06. The number of anilines is 1. The second-order valence-corrected chi connectivity index (χ2v) is 5.96. The topological polar surface area (TPSA) is 45.2 Å². The van der Waals surface area contributed by atoms with Gasteiger partial charge in [-0.15, -0.1) is 0 Å². The maximum atomic E-state index is 12.1. The molecule has 0 aliphatic carbocycles. The third kappa shape index (κ3) is 5.37. The van der Waals surface area contributed by atoms with E-state index in [1.807, 2.05) is 12.3 Å². The zero-order valence-corrected chi connectivity index (χ0v) is 14.9. The predicted molar refractivity (Wildman–Crippen MR) is 99.1 cm³/mol. The van der Waals surface area contributed by atoms with E-state index in [0.29, 0.717) is 13.0 Å². The molecule has 0 fully saturated rings. The van der Waals surface area contributed by atoms with Crippen LogP contribution in [0, 0.1) is 6.92 Å². The van der Waals surface area contributed by atoms with Gasteiger partial charge in [0, 0.05) is 32.3 Å². The molecule has 0 atom stereocenters. The summed E-state index contributed by atoms with van der Waals surface area (Å²) in [5.41, 5.74) is 3.51. The maximum absolute atomic E-state index is 12.1. The highest BCUT2D eigenvalue weighted by molar-refractivity contribution is 5.76. The highest BCUT2D eigenvalue weighted by atomic mass is 16.1. The zero-order chi connectivity index (χ0) is 17.4. The Morgan fingerprint density at radius 2 is 1.79 bits per heavy atom. The van der Waals surface area contributed by atoms with Gasteiger partial charge < -0.3 is 10.2 Å². The number of nitrogens with zero attached hydrogens (tertiary/aromatic N) is 2. The summed E-state index contributed by atoms with van der Waals surface area (Å²) in [4.78, 5) is 18.7. The number of benzene rings is 1. The number of carbonyl (C=O) groups excluding carboxylic acids is 1. The van der Waals surface area contributed by atoms with Gasteiger partial charge in [0.15, 0.2) is 0 Å². The van der Waals surface area contributed by atoms with Crippen molar-refractivity contribution in [3.8, 4) is 0 Å². The number of pyridine rings is 1. The Bertz CT molecular complexity index is 648. The fraction of sp³-hybridized carbons (Fsp3) is 0.400. The molecular weight excluding hydrogens is 298 g/mol. The minimum absolute atomic E-state index is 0.0803. The van der Waals surface area contributed by atoms with Crippen LogP contribution in [0.2, 0.25) is 0 Å². The summed E-state index contributed by atoms with van der Waals surface area (Å²) in [7, 11) is 0. The molecule has 4 heteroatoms. The number of hydrogen-bond donors (Lipinski definition) is 1. The molecule has 0 unspecified atom stereocenters. The van der Waals surface area contributed by atoms with E-state index in [2.05, 4.69) is 66.3 Å². The number of aromatic nitrogens is 1. The van der Waals surface area contributed by atoms with E-state index in [1.165, 1.54) is 5.56 Å². The van der Waals surface area contributed by atoms with Gasteiger partial charge in [0.05, 0.1) is 0 Å². The Morgan fingerprint density at radius 1 is 1.08 bits per heavy atom. The minimum atomic E-state index is 0.0803. The van der Waals surface area contributed by atoms with Crippen molar-refractivity contribution in [2.24, 2.45) is 0 Å². The Morgan fingerprint density at radius 3 is 2.46 bits per heavy atom. The van der Waals surface area contributed by atoms with Crippen molar-refractivity contribution in [3.63, 3.8) is 0 Å². The van der Waals surface area contributed by atoms with Gasteiger partial charge in [-0.3, -0.25) is 4.79 Å². The van der Waals surface area contributed by atoms with Crippen molar-refractivity contribution >= 4 is 11.7 Å². The van der Waals surface area contributed by atoms with Crippen LogP contribution < -0.4 is 10.2 Å². The molecule has 2 rings (SSSR count). The normalized spacial score (nSPS) is 10.5. The van der Waals surface area contributed by atoms with Gasteiger partial charge in [-0.1, -0.05) is 29.8 Å². The number of amides is 1. The summed E-state index contributed by atoms with van der Waals surface area (Å²) in [6, 6.07) is 12.3. The first-order valence-corrected chi connectivity index (χ1v) is 8.64. The highest BCUT2D eigenvalue weighted by Gasteiger charge is 2.06. The fourth-order valence-corrected chi connectivity index (χ4v) is 2.59. The lowest BCUT2D eigenvalue weighted by atomic mass is 10.1. The molecule has 24 heavy (non-hydrogen) atoms. The van der Waals surface area contributed by atoms with Crippen molar-refractivity contribution in [2.45, 2.75) is 40.2 Å². The van der Waals surface area contributed by atoms with E-state index in [1.54, 1.807) is 0 Å². The molecule has 0 saturated heterocycles. The van der Waals surface area contributed by atoms with Crippen LogP contribution in [0.25, 0.3) is 0 Å². The van der Waals surface area contributed by atoms with Crippen LogP contribution in [0.5, 0.6) is 0 Å². The minimum Gasteiger partial charge on any atom is -0.357 e. The summed E-state index contributed by atoms with van der Waals surface area (Å²) < 4.78 is 0. The lowest BCUT2D eigenvalue weighted by Crippen LogP contribution is -2.24. The molecule has 0 radical (unpaired) electrons. The molecular formula is C20H27N3O. The molecule has 1 aromatic heterocycles. The van der Waals surface area contributed by atoms with Gasteiger partial charge in [0.2, 0.25) is 5.91 Å². The molecule has 128 valence electrons. The monoisotopic (exact) mass is 325 g/mol. The summed E-state index contributed by atoms with van der Waals surface area (Å²) in [5, 5.41) is 2.98. The highest BCUT2D eigenvalue weighted by Crippen LogP contribution is 2.13. The first-order valence-electron chi connectivity index (χ1n) is 8.64. The largest absolute Gasteiger partial charge is 0.357 e. The second-order valence-electron chi connectivity index (χ2n) is 5.96. The molecule has 1 heterocycles. The van der Waals surface area contributed by atoms with Gasteiger partial charge in [-0.05, 0) is 50.5 Å². The molecule has 0 saturated carbocycles. The van der Waals surface area contributed by atoms with Crippen LogP contribution >= 0.6 is 0 Å². The summed E-state index contributed by atoms with van der Waals surface area (Å²) in [6.45, 7) is 8.75. The smallest absolute Gasteiger partial charge is 0.220 e. The van der Waals surface area contributed by atoms with Gasteiger partial charge >= 0.3 is 0 Å². The predicted octanol–water partition coefficient (Wildman–Crippen LogP) is 3.49. The van der Waals surface area contributed by atoms with Gasteiger partial charge in [0.25, 0.3) is 0 Å². The molecule has 4 nitrogen and oxygen atoms in total. The van der Waals surface area contributed by atoms with E-state index in [0.717, 1.165) is 36.5 Å². The first kappa shape index (κ1) is 18.0. The Balaban J connectivity index is 1.83. The van der Waals surface area contributed by atoms with E-state index in [4.69, 9.17) is 0 Å². The standard InChI is InChI=1S/C20H27N3O/c1-4-23(5-2)19-14-17(12-13-21-19)10-11-20(24)22-15-18-8-6-16(3)7-9-18/h6-9,12-14H,4-5,10-11,15H2,1-3H3,(H,22,24). The summed E-state index contributed by atoms with van der Waals surface area (Å²) in [6.07, 6.45) is 3.05.